The molecule has 0 aliphatic heterocycles. The number of imidazole rings is 2. The number of hydrogen-bond acceptors (Lipinski definition) is 2. The molecule has 4 nitrogen and oxygen atoms in total. The van der Waals surface area contributed by atoms with Gasteiger partial charge in [-0.3, -0.25) is 9.13 Å². The fourth-order valence-electron chi connectivity index (χ4n) is 3.27. The second-order valence-corrected chi connectivity index (χ2v) is 6.05. The molecule has 0 radical (unpaired) electrons. The summed E-state index contributed by atoms with van der Waals surface area (Å²) in [5, 5.41) is 0. The maximum absolute atomic E-state index is 4.54. The van der Waals surface area contributed by atoms with Gasteiger partial charge in [-0.2, -0.15) is 0 Å². The van der Waals surface area contributed by atoms with E-state index >= 15 is 0 Å². The minimum Gasteiger partial charge on any atom is -0.299 e. The van der Waals surface area contributed by atoms with Gasteiger partial charge in [0.1, 0.15) is 12.7 Å². The van der Waals surface area contributed by atoms with Gasteiger partial charge in [0.2, 0.25) is 0 Å². The molecule has 0 saturated heterocycles. The van der Waals surface area contributed by atoms with Crippen LogP contribution in [0.1, 0.15) is 17.8 Å². The van der Waals surface area contributed by atoms with E-state index in [0.717, 1.165) is 40.2 Å². The van der Waals surface area contributed by atoms with E-state index in [2.05, 4.69) is 73.7 Å². The van der Waals surface area contributed by atoms with Crippen molar-refractivity contribution < 1.29 is 0 Å². The Morgan fingerprint density at radius 1 is 0.760 bits per heavy atom. The van der Waals surface area contributed by atoms with Crippen LogP contribution in [0.25, 0.3) is 34.6 Å². The molecule has 0 spiro atoms. The van der Waals surface area contributed by atoms with Crippen LogP contribution in [0.5, 0.6) is 0 Å². The Bertz CT molecular complexity index is 1130. The third kappa shape index (κ3) is 2.31. The smallest absolute Gasteiger partial charge is 0.100 e. The molecule has 2 aromatic carbocycles. The van der Waals surface area contributed by atoms with Crippen molar-refractivity contribution >= 4 is 23.2 Å². The lowest BCUT2D eigenvalue weighted by molar-refractivity contribution is 1.02. The van der Waals surface area contributed by atoms with Crippen molar-refractivity contribution in [1.82, 2.24) is 19.1 Å². The minimum atomic E-state index is 0.942. The highest BCUT2D eigenvalue weighted by Gasteiger charge is 2.10. The van der Waals surface area contributed by atoms with Gasteiger partial charge >= 0.3 is 0 Å². The van der Waals surface area contributed by atoms with E-state index in [9.17, 15) is 0 Å². The van der Waals surface area contributed by atoms with Crippen LogP contribution in [0.15, 0.2) is 73.3 Å². The zero-order valence-electron chi connectivity index (χ0n) is 13.6. The van der Waals surface area contributed by atoms with Crippen LogP contribution >= 0.6 is 0 Å². The predicted octanol–water partition coefficient (Wildman–Crippen LogP) is 4.64. The molecule has 1 aliphatic rings. The van der Waals surface area contributed by atoms with E-state index < -0.39 is 0 Å². The highest BCUT2D eigenvalue weighted by Crippen LogP contribution is 2.24. The van der Waals surface area contributed by atoms with Crippen LogP contribution < -0.4 is 0 Å². The highest BCUT2D eigenvalue weighted by molar-refractivity contribution is 5.77. The van der Waals surface area contributed by atoms with Crippen molar-refractivity contribution in [1.29, 1.82) is 0 Å². The van der Waals surface area contributed by atoms with Gasteiger partial charge in [-0.25, -0.2) is 9.97 Å². The number of fused-ring (bicyclic) bond motifs is 2. The summed E-state index contributed by atoms with van der Waals surface area (Å²) in [7, 11) is 0. The van der Waals surface area contributed by atoms with Crippen LogP contribution in [0.4, 0.5) is 0 Å². The topological polar surface area (TPSA) is 35.6 Å². The first-order valence-corrected chi connectivity index (χ1v) is 8.33. The predicted molar refractivity (Wildman–Crippen MR) is 101 cm³/mol. The summed E-state index contributed by atoms with van der Waals surface area (Å²) in [6.45, 7) is 0. The average molecular weight is 324 g/mol. The number of nitrogens with zero attached hydrogens (tertiary/aromatic N) is 4. The van der Waals surface area contributed by atoms with Crippen molar-refractivity contribution in [2.24, 2.45) is 0 Å². The Hall–Kier alpha value is -3.40. The molecular weight excluding hydrogens is 308 g/mol. The number of hydrogen-bond donors (Lipinski definition) is 0. The molecule has 0 N–H and O–H groups in total. The summed E-state index contributed by atoms with van der Waals surface area (Å²) in [5.41, 5.74) is 6.39. The Balaban J connectivity index is 1.65. The minimum absolute atomic E-state index is 0.942. The summed E-state index contributed by atoms with van der Waals surface area (Å²) in [4.78, 5) is 9.03. The van der Waals surface area contributed by atoms with Crippen LogP contribution in [0.3, 0.4) is 0 Å². The number of benzene rings is 2. The van der Waals surface area contributed by atoms with Gasteiger partial charge < -0.3 is 0 Å². The van der Waals surface area contributed by atoms with E-state index in [1.165, 1.54) is 0 Å². The third-order valence-corrected chi connectivity index (χ3v) is 4.50. The van der Waals surface area contributed by atoms with Crippen molar-refractivity contribution in [3.8, 4) is 11.4 Å². The molecule has 0 amide bonds. The Kier molecular flexibility index (Phi) is 3.13. The largest absolute Gasteiger partial charge is 0.299 e. The fourth-order valence-corrected chi connectivity index (χ4v) is 3.27. The molecule has 0 atom stereocenters. The van der Waals surface area contributed by atoms with Gasteiger partial charge in [-0.15, -0.1) is 0 Å². The molecule has 0 bridgehead atoms. The second-order valence-electron chi connectivity index (χ2n) is 6.05. The van der Waals surface area contributed by atoms with E-state index in [-0.39, 0.29) is 0 Å². The highest BCUT2D eigenvalue weighted by atomic mass is 15.1. The standard InChI is InChI=1S/C21H16N4/c1-2-9-18-20(11-3-1)24(14-22-18)16-7-6-8-17(13-16)25-15-23-19-10-4-5-12-21(19)25/h2-15H,1H2. The quantitative estimate of drug-likeness (QED) is 0.538. The van der Waals surface area contributed by atoms with Gasteiger partial charge in [0.15, 0.2) is 0 Å². The first kappa shape index (κ1) is 14.0. The third-order valence-electron chi connectivity index (χ3n) is 4.50. The molecule has 5 rings (SSSR count). The maximum atomic E-state index is 4.54. The molecule has 0 fully saturated rings. The van der Waals surface area contributed by atoms with E-state index in [1.54, 1.807) is 0 Å². The first-order valence-electron chi connectivity index (χ1n) is 8.33. The lowest BCUT2D eigenvalue weighted by Gasteiger charge is -2.10. The molecule has 2 heterocycles. The molecule has 25 heavy (non-hydrogen) atoms. The van der Waals surface area contributed by atoms with Gasteiger partial charge in [-0.1, -0.05) is 30.4 Å². The molecule has 1 aliphatic carbocycles. The van der Waals surface area contributed by atoms with E-state index in [0.29, 0.717) is 0 Å². The number of rotatable bonds is 2. The SMILES string of the molecule is C1=Cc2ncn(-c3cccc(-n4cnc5ccccc54)c3)c2C=CC1. The van der Waals surface area contributed by atoms with Crippen LogP contribution in [-0.4, -0.2) is 19.1 Å². The van der Waals surface area contributed by atoms with Gasteiger partial charge in [0, 0.05) is 11.4 Å². The number of para-hydroxylation sites is 2. The molecular formula is C21H16N4. The van der Waals surface area contributed by atoms with Crippen molar-refractivity contribution in [3.63, 3.8) is 0 Å². The number of allylic oxidation sites excluding steroid dienone is 2. The zero-order chi connectivity index (χ0) is 16.6. The fraction of sp³-hybridized carbons (Fsp3) is 0.0476. The van der Waals surface area contributed by atoms with Gasteiger partial charge in [0.05, 0.1) is 22.4 Å². The Morgan fingerprint density at radius 2 is 1.56 bits per heavy atom. The number of aromatic nitrogens is 4. The lowest BCUT2D eigenvalue weighted by Crippen LogP contribution is -1.98. The van der Waals surface area contributed by atoms with E-state index in [1.807, 2.05) is 30.9 Å². The summed E-state index contributed by atoms with van der Waals surface area (Å²) in [6.07, 6.45) is 13.2. The van der Waals surface area contributed by atoms with Crippen molar-refractivity contribution in [2.75, 3.05) is 0 Å². The molecule has 0 unspecified atom stereocenters. The summed E-state index contributed by atoms with van der Waals surface area (Å²) >= 11 is 0. The molecule has 0 saturated carbocycles. The monoisotopic (exact) mass is 324 g/mol. The van der Waals surface area contributed by atoms with E-state index in [4.69, 9.17) is 0 Å². The molecule has 2 aromatic heterocycles. The first-order chi connectivity index (χ1) is 12.4. The second kappa shape index (κ2) is 5.60. The van der Waals surface area contributed by atoms with Crippen LogP contribution in [-0.2, 0) is 0 Å². The van der Waals surface area contributed by atoms with Crippen molar-refractivity contribution in [2.45, 2.75) is 6.42 Å². The molecule has 120 valence electrons. The zero-order valence-corrected chi connectivity index (χ0v) is 13.6. The molecule has 4 heteroatoms. The maximum Gasteiger partial charge on any atom is 0.100 e. The van der Waals surface area contributed by atoms with Crippen molar-refractivity contribution in [3.05, 3.63) is 84.7 Å². The van der Waals surface area contributed by atoms with Gasteiger partial charge in [-0.05, 0) is 48.9 Å². The summed E-state index contributed by atoms with van der Waals surface area (Å²) in [6, 6.07) is 16.6. The lowest BCUT2D eigenvalue weighted by atomic mass is 10.2. The van der Waals surface area contributed by atoms with Crippen LogP contribution in [0, 0.1) is 0 Å². The van der Waals surface area contributed by atoms with Gasteiger partial charge in [0.25, 0.3) is 0 Å². The normalized spacial score (nSPS) is 13.1. The Morgan fingerprint density at radius 3 is 2.52 bits per heavy atom. The summed E-state index contributed by atoms with van der Waals surface area (Å²) in [5.74, 6) is 0. The van der Waals surface area contributed by atoms with Crippen LogP contribution in [0.2, 0.25) is 0 Å². The Labute approximate surface area is 145 Å². The summed E-state index contributed by atoms with van der Waals surface area (Å²) < 4.78 is 4.24. The molecule has 4 aromatic rings. The average Bonchev–Trinajstić information content (AvgIpc) is 3.19.